The standard InChI is InChI=1S/C12H12O2/c13-12(10-4-2-1-3-5-10)11-6-8-14-9-7-11/h1-6H,7-9H2. The van der Waals surface area contributed by atoms with Crippen LogP contribution in [0.4, 0.5) is 0 Å². The number of Topliss-reactive ketones (excluding diaryl/α,β-unsaturated/α-hetero) is 1. The molecule has 1 aromatic carbocycles. The highest BCUT2D eigenvalue weighted by atomic mass is 16.5. The third-order valence-corrected chi connectivity index (χ3v) is 2.29. The Balaban J connectivity index is 2.20. The van der Waals surface area contributed by atoms with Crippen LogP contribution in [0.1, 0.15) is 16.8 Å². The first-order valence-corrected chi connectivity index (χ1v) is 4.74. The first-order valence-electron chi connectivity index (χ1n) is 4.74. The third kappa shape index (κ3) is 1.91. The van der Waals surface area contributed by atoms with Gasteiger partial charge in [-0.3, -0.25) is 4.79 Å². The molecule has 0 N–H and O–H groups in total. The van der Waals surface area contributed by atoms with Crippen LogP contribution in [0.15, 0.2) is 42.0 Å². The average molecular weight is 188 g/mol. The van der Waals surface area contributed by atoms with Crippen LogP contribution in [0.25, 0.3) is 0 Å². The van der Waals surface area contributed by atoms with Crippen LogP contribution in [-0.4, -0.2) is 19.0 Å². The quantitative estimate of drug-likeness (QED) is 0.665. The van der Waals surface area contributed by atoms with Gasteiger partial charge in [-0.1, -0.05) is 36.4 Å². The number of hydrogen-bond acceptors (Lipinski definition) is 2. The molecule has 1 aliphatic heterocycles. The molecule has 0 radical (unpaired) electrons. The summed E-state index contributed by atoms with van der Waals surface area (Å²) >= 11 is 0. The van der Waals surface area contributed by atoms with Gasteiger partial charge in [0.05, 0.1) is 13.2 Å². The zero-order chi connectivity index (χ0) is 9.80. The van der Waals surface area contributed by atoms with Gasteiger partial charge in [0.2, 0.25) is 0 Å². The van der Waals surface area contributed by atoms with Gasteiger partial charge in [0.15, 0.2) is 5.78 Å². The molecule has 0 amide bonds. The summed E-state index contributed by atoms with van der Waals surface area (Å²) in [4.78, 5) is 11.9. The minimum atomic E-state index is 0.133. The molecule has 0 bridgehead atoms. The van der Waals surface area contributed by atoms with Crippen LogP contribution >= 0.6 is 0 Å². The molecule has 1 aromatic rings. The Hall–Kier alpha value is -1.41. The van der Waals surface area contributed by atoms with Crippen molar-refractivity contribution in [2.45, 2.75) is 6.42 Å². The Kier molecular flexibility index (Phi) is 2.75. The molecule has 2 heteroatoms. The molecule has 0 saturated heterocycles. The Morgan fingerprint density at radius 1 is 1.21 bits per heavy atom. The fourth-order valence-electron chi connectivity index (χ4n) is 1.51. The van der Waals surface area contributed by atoms with Crippen LogP contribution in [0.3, 0.4) is 0 Å². The fourth-order valence-corrected chi connectivity index (χ4v) is 1.51. The van der Waals surface area contributed by atoms with E-state index in [2.05, 4.69) is 0 Å². The molecular formula is C12H12O2. The minimum absolute atomic E-state index is 0.133. The summed E-state index contributed by atoms with van der Waals surface area (Å²) in [5.74, 6) is 0.133. The molecule has 0 atom stereocenters. The largest absolute Gasteiger partial charge is 0.377 e. The van der Waals surface area contributed by atoms with Gasteiger partial charge in [0, 0.05) is 11.1 Å². The van der Waals surface area contributed by atoms with Gasteiger partial charge < -0.3 is 4.74 Å². The van der Waals surface area contributed by atoms with Crippen molar-refractivity contribution in [2.24, 2.45) is 0 Å². The number of ether oxygens (including phenoxy) is 1. The molecule has 0 unspecified atom stereocenters. The van der Waals surface area contributed by atoms with Gasteiger partial charge in [0.25, 0.3) is 0 Å². The van der Waals surface area contributed by atoms with Crippen LogP contribution in [0, 0.1) is 0 Å². The number of ketones is 1. The molecule has 14 heavy (non-hydrogen) atoms. The molecule has 1 heterocycles. The van der Waals surface area contributed by atoms with Crippen LogP contribution in [-0.2, 0) is 4.74 Å². The predicted molar refractivity (Wildman–Crippen MR) is 54.3 cm³/mol. The van der Waals surface area contributed by atoms with Crippen molar-refractivity contribution in [1.82, 2.24) is 0 Å². The molecule has 0 aliphatic carbocycles. The second kappa shape index (κ2) is 4.20. The Bertz CT molecular complexity index is 352. The second-order valence-electron chi connectivity index (χ2n) is 3.25. The predicted octanol–water partition coefficient (Wildman–Crippen LogP) is 2.22. The summed E-state index contributed by atoms with van der Waals surface area (Å²) < 4.78 is 5.16. The maximum atomic E-state index is 11.9. The summed E-state index contributed by atoms with van der Waals surface area (Å²) in [5.41, 5.74) is 1.64. The summed E-state index contributed by atoms with van der Waals surface area (Å²) in [6, 6.07) is 9.37. The van der Waals surface area contributed by atoms with E-state index in [-0.39, 0.29) is 5.78 Å². The van der Waals surface area contributed by atoms with Crippen molar-refractivity contribution in [3.05, 3.63) is 47.5 Å². The van der Waals surface area contributed by atoms with Gasteiger partial charge in [0.1, 0.15) is 0 Å². The van der Waals surface area contributed by atoms with E-state index in [1.807, 2.05) is 36.4 Å². The SMILES string of the molecule is O=C(C1=CCOCC1)c1ccccc1. The van der Waals surface area contributed by atoms with Crippen molar-refractivity contribution in [2.75, 3.05) is 13.2 Å². The molecule has 72 valence electrons. The zero-order valence-electron chi connectivity index (χ0n) is 7.90. The number of carbonyl (C=O) groups excluding carboxylic acids is 1. The number of hydrogen-bond donors (Lipinski definition) is 0. The molecule has 0 fully saturated rings. The van der Waals surface area contributed by atoms with Gasteiger partial charge in [-0.05, 0) is 6.42 Å². The van der Waals surface area contributed by atoms with Gasteiger partial charge in [-0.25, -0.2) is 0 Å². The van der Waals surface area contributed by atoms with Gasteiger partial charge >= 0.3 is 0 Å². The Morgan fingerprint density at radius 2 is 2.00 bits per heavy atom. The lowest BCUT2D eigenvalue weighted by Gasteiger charge is -2.12. The molecule has 0 aromatic heterocycles. The van der Waals surface area contributed by atoms with E-state index in [9.17, 15) is 4.79 Å². The van der Waals surface area contributed by atoms with E-state index in [0.29, 0.717) is 13.2 Å². The van der Waals surface area contributed by atoms with E-state index >= 15 is 0 Å². The highest BCUT2D eigenvalue weighted by molar-refractivity contribution is 6.08. The van der Waals surface area contributed by atoms with Crippen molar-refractivity contribution in [3.8, 4) is 0 Å². The molecule has 0 saturated carbocycles. The molecule has 2 nitrogen and oxygen atoms in total. The van der Waals surface area contributed by atoms with Crippen LogP contribution in [0.2, 0.25) is 0 Å². The van der Waals surface area contributed by atoms with Crippen molar-refractivity contribution in [1.29, 1.82) is 0 Å². The summed E-state index contributed by atoms with van der Waals surface area (Å²) in [5, 5.41) is 0. The normalized spacial score (nSPS) is 16.1. The topological polar surface area (TPSA) is 26.3 Å². The molecule has 1 aliphatic rings. The van der Waals surface area contributed by atoms with Gasteiger partial charge in [-0.15, -0.1) is 0 Å². The summed E-state index contributed by atoms with van der Waals surface area (Å²) in [6.07, 6.45) is 2.60. The van der Waals surface area contributed by atoms with Gasteiger partial charge in [-0.2, -0.15) is 0 Å². The first kappa shape index (κ1) is 9.16. The van der Waals surface area contributed by atoms with E-state index < -0.39 is 0 Å². The van der Waals surface area contributed by atoms with Crippen molar-refractivity contribution < 1.29 is 9.53 Å². The second-order valence-corrected chi connectivity index (χ2v) is 3.25. The van der Waals surface area contributed by atoms with E-state index in [1.54, 1.807) is 0 Å². The number of rotatable bonds is 2. The lowest BCUT2D eigenvalue weighted by Crippen LogP contribution is -2.12. The smallest absolute Gasteiger partial charge is 0.188 e. The zero-order valence-corrected chi connectivity index (χ0v) is 7.90. The molecular weight excluding hydrogens is 176 g/mol. The summed E-state index contributed by atoms with van der Waals surface area (Å²) in [6.45, 7) is 1.22. The lowest BCUT2D eigenvalue weighted by atomic mass is 10.0. The maximum absolute atomic E-state index is 11.9. The highest BCUT2D eigenvalue weighted by Crippen LogP contribution is 2.14. The fraction of sp³-hybridized carbons (Fsp3) is 0.250. The Morgan fingerprint density at radius 3 is 2.64 bits per heavy atom. The van der Waals surface area contributed by atoms with Crippen molar-refractivity contribution in [3.63, 3.8) is 0 Å². The van der Waals surface area contributed by atoms with E-state index in [4.69, 9.17) is 4.74 Å². The molecule has 0 spiro atoms. The molecule has 2 rings (SSSR count). The van der Waals surface area contributed by atoms with E-state index in [1.165, 1.54) is 0 Å². The van der Waals surface area contributed by atoms with Crippen LogP contribution in [0.5, 0.6) is 0 Å². The summed E-state index contributed by atoms with van der Waals surface area (Å²) in [7, 11) is 0. The lowest BCUT2D eigenvalue weighted by molar-refractivity contribution is 0.0995. The number of benzene rings is 1. The van der Waals surface area contributed by atoms with Crippen LogP contribution < -0.4 is 0 Å². The monoisotopic (exact) mass is 188 g/mol. The maximum Gasteiger partial charge on any atom is 0.188 e. The number of carbonyl (C=O) groups is 1. The van der Waals surface area contributed by atoms with E-state index in [0.717, 1.165) is 17.6 Å². The highest BCUT2D eigenvalue weighted by Gasteiger charge is 2.13. The average Bonchev–Trinajstić information content (AvgIpc) is 2.30. The third-order valence-electron chi connectivity index (χ3n) is 2.29. The Labute approximate surface area is 83.2 Å². The van der Waals surface area contributed by atoms with Crippen molar-refractivity contribution >= 4 is 5.78 Å². The minimum Gasteiger partial charge on any atom is -0.377 e. The first-order chi connectivity index (χ1) is 6.88.